The fourth-order valence-corrected chi connectivity index (χ4v) is 2.11. The topological polar surface area (TPSA) is 26.3 Å². The number of carbonyl (C=O) groups is 1. The predicted molar refractivity (Wildman–Crippen MR) is 52.3 cm³/mol. The minimum Gasteiger partial charge on any atom is -0.466 e. The largest absolute Gasteiger partial charge is 0.466 e. The van der Waals surface area contributed by atoms with Gasteiger partial charge < -0.3 is 4.74 Å². The van der Waals surface area contributed by atoms with Crippen molar-refractivity contribution < 1.29 is 9.53 Å². The van der Waals surface area contributed by atoms with Gasteiger partial charge in [-0.15, -0.1) is 0 Å². The van der Waals surface area contributed by atoms with E-state index in [0.717, 1.165) is 6.42 Å². The molecule has 2 nitrogen and oxygen atoms in total. The van der Waals surface area contributed by atoms with Gasteiger partial charge in [-0.25, -0.2) is 0 Å². The van der Waals surface area contributed by atoms with Gasteiger partial charge in [0.15, 0.2) is 0 Å². The Bertz CT molecular complexity index is 177. The van der Waals surface area contributed by atoms with Gasteiger partial charge in [0, 0.05) is 0 Å². The zero-order valence-corrected chi connectivity index (χ0v) is 8.88. The molecule has 0 radical (unpaired) electrons. The Morgan fingerprint density at radius 3 is 2.69 bits per heavy atom. The predicted octanol–water partition coefficient (Wildman–Crippen LogP) is 2.62. The Hall–Kier alpha value is -0.530. The van der Waals surface area contributed by atoms with Crippen molar-refractivity contribution in [2.24, 2.45) is 17.8 Å². The van der Waals surface area contributed by atoms with Crippen LogP contribution in [0.4, 0.5) is 0 Å². The number of hydrogen-bond acceptors (Lipinski definition) is 2. The molecule has 0 aromatic rings. The molecule has 1 aliphatic carbocycles. The van der Waals surface area contributed by atoms with E-state index in [9.17, 15) is 4.79 Å². The third-order valence-corrected chi connectivity index (χ3v) is 3.05. The minimum absolute atomic E-state index is 0.0153. The van der Waals surface area contributed by atoms with Crippen molar-refractivity contribution in [2.45, 2.75) is 40.0 Å². The van der Waals surface area contributed by atoms with E-state index in [4.69, 9.17) is 4.74 Å². The molecule has 0 amide bonds. The van der Waals surface area contributed by atoms with Crippen LogP contribution in [0.5, 0.6) is 0 Å². The third kappa shape index (κ3) is 2.71. The molecule has 1 rings (SSSR count). The number of rotatable bonds is 2. The molecule has 3 unspecified atom stereocenters. The van der Waals surface area contributed by atoms with E-state index in [2.05, 4.69) is 13.8 Å². The molecule has 3 atom stereocenters. The number of esters is 1. The van der Waals surface area contributed by atoms with Crippen molar-refractivity contribution in [2.75, 3.05) is 6.61 Å². The summed E-state index contributed by atoms with van der Waals surface area (Å²) in [6.07, 6.45) is 3.45. The van der Waals surface area contributed by atoms with E-state index in [0.29, 0.717) is 18.4 Å². The maximum Gasteiger partial charge on any atom is 0.309 e. The Morgan fingerprint density at radius 1 is 1.38 bits per heavy atom. The average Bonchev–Trinajstić information content (AvgIpc) is 2.09. The van der Waals surface area contributed by atoms with E-state index < -0.39 is 0 Å². The molecule has 1 fully saturated rings. The van der Waals surface area contributed by atoms with Gasteiger partial charge in [-0.2, -0.15) is 0 Å². The summed E-state index contributed by atoms with van der Waals surface area (Å²) in [5, 5.41) is 0. The summed E-state index contributed by atoms with van der Waals surface area (Å²) in [5.74, 6) is 1.37. The monoisotopic (exact) mass is 184 g/mol. The second-order valence-electron chi connectivity index (χ2n) is 4.25. The summed E-state index contributed by atoms with van der Waals surface area (Å²) < 4.78 is 5.06. The first-order valence-electron chi connectivity index (χ1n) is 5.31. The molecule has 0 heterocycles. The second-order valence-corrected chi connectivity index (χ2v) is 4.25. The number of hydrogen-bond donors (Lipinski definition) is 0. The van der Waals surface area contributed by atoms with Gasteiger partial charge in [0.05, 0.1) is 12.5 Å². The fraction of sp³-hybridized carbons (Fsp3) is 0.909. The quantitative estimate of drug-likeness (QED) is 0.617. The Morgan fingerprint density at radius 2 is 2.08 bits per heavy atom. The fourth-order valence-electron chi connectivity index (χ4n) is 2.11. The second kappa shape index (κ2) is 4.64. The van der Waals surface area contributed by atoms with Crippen molar-refractivity contribution in [3.05, 3.63) is 0 Å². The molecule has 0 bridgehead atoms. The molecule has 76 valence electrons. The molecular formula is C11H20O2. The molecule has 0 aromatic carbocycles. The molecular weight excluding hydrogens is 164 g/mol. The van der Waals surface area contributed by atoms with Gasteiger partial charge in [-0.1, -0.05) is 20.3 Å². The van der Waals surface area contributed by atoms with Crippen LogP contribution in [0.3, 0.4) is 0 Å². The van der Waals surface area contributed by atoms with Crippen molar-refractivity contribution >= 4 is 5.97 Å². The Balaban J connectivity index is 2.50. The van der Waals surface area contributed by atoms with E-state index in [1.165, 1.54) is 12.8 Å². The first kappa shape index (κ1) is 10.6. The standard InChI is InChI=1S/C11H20O2/c1-4-13-11(12)10-7-8(2)5-6-9(10)3/h8-10H,4-7H2,1-3H3. The zero-order valence-electron chi connectivity index (χ0n) is 8.88. The lowest BCUT2D eigenvalue weighted by Crippen LogP contribution is -2.30. The Labute approximate surface area is 80.7 Å². The maximum absolute atomic E-state index is 11.5. The highest BCUT2D eigenvalue weighted by Gasteiger charge is 2.31. The van der Waals surface area contributed by atoms with Crippen LogP contribution in [0.2, 0.25) is 0 Å². The highest BCUT2D eigenvalue weighted by Crippen LogP contribution is 2.33. The molecule has 0 saturated heterocycles. The van der Waals surface area contributed by atoms with E-state index >= 15 is 0 Å². The first-order valence-corrected chi connectivity index (χ1v) is 5.31. The van der Waals surface area contributed by atoms with Crippen LogP contribution >= 0.6 is 0 Å². The highest BCUT2D eigenvalue weighted by molar-refractivity contribution is 5.72. The number of ether oxygens (including phenoxy) is 1. The SMILES string of the molecule is CCOC(=O)C1CC(C)CCC1C. The van der Waals surface area contributed by atoms with Gasteiger partial charge in [-0.05, 0) is 31.6 Å². The van der Waals surface area contributed by atoms with Crippen molar-refractivity contribution in [3.63, 3.8) is 0 Å². The van der Waals surface area contributed by atoms with Crippen LogP contribution in [-0.2, 0) is 9.53 Å². The van der Waals surface area contributed by atoms with Gasteiger partial charge in [-0.3, -0.25) is 4.79 Å². The number of carbonyl (C=O) groups excluding carboxylic acids is 1. The minimum atomic E-state index is 0.0153. The summed E-state index contributed by atoms with van der Waals surface area (Å²) >= 11 is 0. The van der Waals surface area contributed by atoms with Gasteiger partial charge in [0.2, 0.25) is 0 Å². The third-order valence-electron chi connectivity index (χ3n) is 3.05. The van der Waals surface area contributed by atoms with Crippen LogP contribution in [0, 0.1) is 17.8 Å². The van der Waals surface area contributed by atoms with Crippen molar-refractivity contribution in [1.29, 1.82) is 0 Å². The van der Waals surface area contributed by atoms with Gasteiger partial charge >= 0.3 is 5.97 Å². The summed E-state index contributed by atoms with van der Waals surface area (Å²) in [6, 6.07) is 0. The van der Waals surface area contributed by atoms with Crippen LogP contribution in [0.1, 0.15) is 40.0 Å². The molecule has 2 heteroatoms. The lowest BCUT2D eigenvalue weighted by atomic mass is 9.75. The molecule has 0 spiro atoms. The average molecular weight is 184 g/mol. The van der Waals surface area contributed by atoms with Crippen LogP contribution in [-0.4, -0.2) is 12.6 Å². The zero-order chi connectivity index (χ0) is 9.84. The molecule has 1 aliphatic rings. The normalized spacial score (nSPS) is 34.2. The summed E-state index contributed by atoms with van der Waals surface area (Å²) in [5.41, 5.74) is 0. The first-order chi connectivity index (χ1) is 6.15. The lowest BCUT2D eigenvalue weighted by molar-refractivity contribution is -0.151. The van der Waals surface area contributed by atoms with Crippen molar-refractivity contribution in [3.8, 4) is 0 Å². The van der Waals surface area contributed by atoms with E-state index in [1.54, 1.807) is 0 Å². The van der Waals surface area contributed by atoms with E-state index in [1.807, 2.05) is 6.92 Å². The van der Waals surface area contributed by atoms with Crippen LogP contribution in [0.15, 0.2) is 0 Å². The van der Waals surface area contributed by atoms with Gasteiger partial charge in [0.1, 0.15) is 0 Å². The lowest BCUT2D eigenvalue weighted by Gasteiger charge is -2.30. The molecule has 0 aliphatic heterocycles. The molecule has 1 saturated carbocycles. The summed E-state index contributed by atoms with van der Waals surface area (Å²) in [7, 11) is 0. The molecule has 0 aromatic heterocycles. The van der Waals surface area contributed by atoms with Crippen LogP contribution in [0.25, 0.3) is 0 Å². The van der Waals surface area contributed by atoms with E-state index in [-0.39, 0.29) is 11.9 Å². The Kier molecular flexibility index (Phi) is 3.76. The highest BCUT2D eigenvalue weighted by atomic mass is 16.5. The summed E-state index contributed by atoms with van der Waals surface area (Å²) in [6.45, 7) is 6.76. The molecule has 13 heavy (non-hydrogen) atoms. The van der Waals surface area contributed by atoms with Gasteiger partial charge in [0.25, 0.3) is 0 Å². The smallest absolute Gasteiger partial charge is 0.309 e. The van der Waals surface area contributed by atoms with Crippen LogP contribution < -0.4 is 0 Å². The summed E-state index contributed by atoms with van der Waals surface area (Å²) in [4.78, 5) is 11.5. The van der Waals surface area contributed by atoms with Crippen molar-refractivity contribution in [1.82, 2.24) is 0 Å². The molecule has 0 N–H and O–H groups in total. The maximum atomic E-state index is 11.5.